The van der Waals surface area contributed by atoms with Gasteiger partial charge < -0.3 is 9.67 Å². The molecule has 0 unspecified atom stereocenters. The molecule has 259 valence electrons. The third kappa shape index (κ3) is 7.09. The van der Waals surface area contributed by atoms with Crippen molar-refractivity contribution in [3.05, 3.63) is 95.5 Å². The number of carbonyl (C=O) groups is 1. The van der Waals surface area contributed by atoms with E-state index in [0.29, 0.717) is 0 Å². The number of hydrogen-bond acceptors (Lipinski definition) is 4. The van der Waals surface area contributed by atoms with Crippen molar-refractivity contribution in [3.8, 4) is 11.3 Å². The maximum absolute atomic E-state index is 12.2. The van der Waals surface area contributed by atoms with Gasteiger partial charge >= 0.3 is 0 Å². The Morgan fingerprint density at radius 3 is 2.06 bits per heavy atom. The first-order chi connectivity index (χ1) is 22.8. The van der Waals surface area contributed by atoms with Crippen molar-refractivity contribution < 1.29 is 30.0 Å². The van der Waals surface area contributed by atoms with Gasteiger partial charge in [-0.15, -0.1) is 29.1 Å². The average Bonchev–Trinajstić information content (AvgIpc) is 3.36. The van der Waals surface area contributed by atoms with Gasteiger partial charge in [-0.3, -0.25) is 9.78 Å². The molecule has 2 heterocycles. The number of aryl methyl sites for hydroxylation is 4. The van der Waals surface area contributed by atoms with Gasteiger partial charge in [-0.2, -0.15) is 0 Å². The average molecular weight is 833 g/mol. The zero-order chi connectivity index (χ0) is 35.0. The zero-order valence-electron chi connectivity index (χ0n) is 30.7. The van der Waals surface area contributed by atoms with Crippen LogP contribution in [-0.4, -0.2) is 25.4 Å². The third-order valence-corrected chi connectivity index (χ3v) is 11.0. The molecule has 1 radical (unpaired) electrons. The smallest absolute Gasteiger partial charge is 0.164 e. The molecule has 6 rings (SSSR count). The van der Waals surface area contributed by atoms with Crippen LogP contribution in [0.2, 0.25) is 0 Å². The minimum Gasteiger partial charge on any atom is -0.512 e. The molecule has 0 saturated carbocycles. The van der Waals surface area contributed by atoms with E-state index >= 15 is 0 Å². The molecule has 1 N–H and O–H groups in total. The van der Waals surface area contributed by atoms with Crippen LogP contribution in [0.1, 0.15) is 83.9 Å². The molecule has 0 spiro atoms. The quantitative estimate of drug-likeness (QED) is 0.0942. The van der Waals surface area contributed by atoms with Crippen LogP contribution in [0.5, 0.6) is 0 Å². The number of rotatable bonds is 8. The van der Waals surface area contributed by atoms with Crippen LogP contribution in [0, 0.1) is 37.7 Å². The number of nitrogens with zero attached hydrogens (tertiary/aromatic N) is 3. The first-order valence-corrected chi connectivity index (χ1v) is 17.3. The Morgan fingerprint density at radius 2 is 1.45 bits per heavy atom. The summed E-state index contributed by atoms with van der Waals surface area (Å²) in [6.45, 7) is 18.6. The normalized spacial score (nSPS) is 12.3. The van der Waals surface area contributed by atoms with Gasteiger partial charge in [0.25, 0.3) is 0 Å². The van der Waals surface area contributed by atoms with Crippen LogP contribution in [0.15, 0.2) is 72.8 Å². The molecule has 0 bridgehead atoms. The van der Waals surface area contributed by atoms with Crippen molar-refractivity contribution in [2.45, 2.75) is 88.0 Å². The van der Waals surface area contributed by atoms with E-state index in [4.69, 9.17) is 9.97 Å². The summed E-state index contributed by atoms with van der Waals surface area (Å²) >= 11 is 0. The Kier molecular flexibility index (Phi) is 11.6. The maximum atomic E-state index is 12.2. The van der Waals surface area contributed by atoms with Crippen LogP contribution in [0.3, 0.4) is 0 Å². The van der Waals surface area contributed by atoms with Gasteiger partial charge in [0.1, 0.15) is 12.1 Å². The molecule has 5 nitrogen and oxygen atoms in total. The Hall–Kier alpha value is -3.86. The molecule has 4 aromatic carbocycles. The number of aromatic nitrogens is 3. The van der Waals surface area contributed by atoms with Crippen molar-refractivity contribution in [1.29, 1.82) is 0 Å². The van der Waals surface area contributed by atoms with E-state index in [0.717, 1.165) is 58.7 Å². The maximum Gasteiger partial charge on any atom is 0.164 e. The van der Waals surface area contributed by atoms with Gasteiger partial charge in [0.05, 0.1) is 16.6 Å². The Balaban J connectivity index is 0.000000260. The summed E-state index contributed by atoms with van der Waals surface area (Å²) < 4.78 is 2.22. The van der Waals surface area contributed by atoms with Crippen LogP contribution in [0.4, 0.5) is 0 Å². The molecule has 6 heteroatoms. The van der Waals surface area contributed by atoms with E-state index in [1.54, 1.807) is 6.33 Å². The molecule has 0 saturated heterocycles. The van der Waals surface area contributed by atoms with E-state index < -0.39 is 0 Å². The predicted octanol–water partition coefficient (Wildman–Crippen LogP) is 11.5. The summed E-state index contributed by atoms with van der Waals surface area (Å²) in [6.07, 6.45) is 6.44. The van der Waals surface area contributed by atoms with Crippen molar-refractivity contribution in [3.63, 3.8) is 0 Å². The fraction of sp³-hybridized carbons (Fsp3) is 0.372. The summed E-state index contributed by atoms with van der Waals surface area (Å²) in [5, 5.41) is 16.2. The second-order valence-electron chi connectivity index (χ2n) is 14.0. The minimum absolute atomic E-state index is 0. The SMILES string of the molecule is CCC(C)(CC)C(=O)/C=C(\O)C(C)(CC)CC.Cc1cc(C)c2c(C)cc(-c3ncnc4c5cc6ccccc6cc5n(C)c34)[c-]c2c1.[Ir]. The standard InChI is InChI=1S/C28H22N3.C15H28O2.Ir/c1-16-9-17(2)25-18(3)11-22(12-21(25)10-16)26-28-27(30-15-29-26)23-13-19-7-5-6-8-20(19)14-24(23)31(28)4;1-7-14(5,8-2)12(16)11-13(17)15(6,9-3)10-4;/h5-11,13-15H,1-4H3;11,16H,7-10H2,1-6H3;/q-1;;/b;12-11-;. The van der Waals surface area contributed by atoms with Gasteiger partial charge in [0.2, 0.25) is 0 Å². The number of aliphatic hydroxyl groups is 1. The topological polar surface area (TPSA) is 68.0 Å². The number of hydrogen-bond donors (Lipinski definition) is 1. The molecular formula is C43H50IrN3O2-. The fourth-order valence-corrected chi connectivity index (χ4v) is 6.78. The fourth-order valence-electron chi connectivity index (χ4n) is 6.78. The van der Waals surface area contributed by atoms with E-state index in [1.807, 2.05) is 41.5 Å². The van der Waals surface area contributed by atoms with Gasteiger partial charge in [0.15, 0.2) is 5.78 Å². The van der Waals surface area contributed by atoms with Crippen LogP contribution >= 0.6 is 0 Å². The van der Waals surface area contributed by atoms with Crippen molar-refractivity contribution >= 4 is 49.3 Å². The molecular weight excluding hydrogens is 783 g/mol. The van der Waals surface area contributed by atoms with Gasteiger partial charge in [0, 0.05) is 55.1 Å². The minimum atomic E-state index is -0.337. The van der Waals surface area contributed by atoms with Crippen molar-refractivity contribution in [1.82, 2.24) is 14.5 Å². The third-order valence-electron chi connectivity index (χ3n) is 11.0. The van der Waals surface area contributed by atoms with Crippen LogP contribution in [0.25, 0.3) is 54.7 Å². The Morgan fingerprint density at radius 1 is 0.857 bits per heavy atom. The molecule has 2 aromatic heterocycles. The van der Waals surface area contributed by atoms with Crippen molar-refractivity contribution in [2.24, 2.45) is 17.9 Å². The number of allylic oxidation sites excluding steroid dienone is 2. The first kappa shape index (κ1) is 37.9. The summed E-state index contributed by atoms with van der Waals surface area (Å²) in [7, 11) is 2.11. The number of benzene rings is 4. The van der Waals surface area contributed by atoms with E-state index in [9.17, 15) is 9.90 Å². The molecule has 0 aliphatic heterocycles. The first-order valence-electron chi connectivity index (χ1n) is 17.3. The van der Waals surface area contributed by atoms with Gasteiger partial charge in [-0.05, 0) is 62.4 Å². The zero-order valence-corrected chi connectivity index (χ0v) is 33.1. The molecule has 6 aromatic rings. The second kappa shape index (κ2) is 14.9. The van der Waals surface area contributed by atoms with Crippen LogP contribution in [-0.2, 0) is 31.9 Å². The monoisotopic (exact) mass is 833 g/mol. The molecule has 0 amide bonds. The summed E-state index contributed by atoms with van der Waals surface area (Å²) in [4.78, 5) is 21.6. The number of ketones is 1. The molecule has 0 aliphatic carbocycles. The number of fused-ring (bicyclic) bond motifs is 5. The number of carbonyl (C=O) groups excluding carboxylic acids is 1. The molecule has 0 aliphatic rings. The predicted molar refractivity (Wildman–Crippen MR) is 203 cm³/mol. The summed E-state index contributed by atoms with van der Waals surface area (Å²) in [6, 6.07) is 23.3. The second-order valence-corrected chi connectivity index (χ2v) is 14.0. The van der Waals surface area contributed by atoms with E-state index in [1.165, 1.54) is 44.4 Å². The Labute approximate surface area is 305 Å². The molecule has 0 atom stereocenters. The Bertz CT molecular complexity index is 2190. The largest absolute Gasteiger partial charge is 0.512 e. The van der Waals surface area contributed by atoms with Crippen LogP contribution < -0.4 is 0 Å². The van der Waals surface area contributed by atoms with Crippen molar-refractivity contribution in [2.75, 3.05) is 0 Å². The molecule has 0 fully saturated rings. The summed E-state index contributed by atoms with van der Waals surface area (Å²) in [5.74, 6) is 0.286. The van der Waals surface area contributed by atoms with Gasteiger partial charge in [-0.25, -0.2) is 4.98 Å². The summed E-state index contributed by atoms with van der Waals surface area (Å²) in [5.41, 5.74) is 8.33. The van der Waals surface area contributed by atoms with E-state index in [2.05, 4.69) is 93.0 Å². The number of aliphatic hydroxyl groups excluding tert-OH is 1. The van der Waals surface area contributed by atoms with E-state index in [-0.39, 0.29) is 42.5 Å². The van der Waals surface area contributed by atoms with Gasteiger partial charge in [-0.1, -0.05) is 101 Å². The molecule has 49 heavy (non-hydrogen) atoms.